The van der Waals surface area contributed by atoms with Gasteiger partial charge in [-0.25, -0.2) is 12.8 Å². The Hall–Kier alpha value is -3.59. The number of aromatic nitrogens is 1. The van der Waals surface area contributed by atoms with Crippen molar-refractivity contribution in [3.05, 3.63) is 93.2 Å². The van der Waals surface area contributed by atoms with Crippen LogP contribution in [0.1, 0.15) is 41.6 Å². The minimum atomic E-state index is -3.30. The van der Waals surface area contributed by atoms with Crippen molar-refractivity contribution in [3.63, 3.8) is 0 Å². The van der Waals surface area contributed by atoms with Crippen LogP contribution < -0.4 is 11.3 Å². The maximum absolute atomic E-state index is 13.7. The van der Waals surface area contributed by atoms with E-state index in [9.17, 15) is 22.4 Å². The predicted octanol–water partition coefficient (Wildman–Crippen LogP) is 3.14. The molecule has 9 heteroatoms. The smallest absolute Gasteiger partial charge is 0.250 e. The van der Waals surface area contributed by atoms with Crippen molar-refractivity contribution in [1.29, 1.82) is 0 Å². The van der Waals surface area contributed by atoms with Crippen LogP contribution >= 0.6 is 0 Å². The van der Waals surface area contributed by atoms with Crippen molar-refractivity contribution in [2.24, 2.45) is 23.7 Å². The average Bonchev–Trinajstić information content (AvgIpc) is 2.89. The summed E-state index contributed by atoms with van der Waals surface area (Å²) in [6, 6.07) is 11.8. The molecule has 1 amide bonds. The Morgan fingerprint density at radius 3 is 2.40 bits per heavy atom. The third-order valence-electron chi connectivity index (χ3n) is 6.21. The summed E-state index contributed by atoms with van der Waals surface area (Å²) in [7, 11) is -1.68. The number of aliphatic imine (C=N–C) groups is 1. The number of fused-ring (bicyclic) bond motifs is 3. The number of hydrogen-bond donors (Lipinski definition) is 1. The highest BCUT2D eigenvalue weighted by molar-refractivity contribution is 7.89. The van der Waals surface area contributed by atoms with Crippen LogP contribution in [0.3, 0.4) is 0 Å². The summed E-state index contributed by atoms with van der Waals surface area (Å²) in [6.45, 7) is 1.82. The SMILES string of the molecule is CCC(C(N)=O)C1N=C(c2ccc(F)cc2)c2ccc(CS(C)(=O)=O)cc2-c2cn(C)c(=O)cc21. The third kappa shape index (κ3) is 4.95. The zero-order valence-electron chi connectivity index (χ0n) is 19.7. The molecular formula is C26H26FN3O4S. The highest BCUT2D eigenvalue weighted by Crippen LogP contribution is 2.41. The van der Waals surface area contributed by atoms with Crippen LogP contribution in [-0.2, 0) is 27.4 Å². The summed E-state index contributed by atoms with van der Waals surface area (Å²) >= 11 is 0. The van der Waals surface area contributed by atoms with Gasteiger partial charge in [0.25, 0.3) is 5.56 Å². The van der Waals surface area contributed by atoms with Gasteiger partial charge >= 0.3 is 0 Å². The van der Waals surface area contributed by atoms with Crippen LogP contribution in [0.25, 0.3) is 11.1 Å². The molecule has 0 aliphatic carbocycles. The fourth-order valence-corrected chi connectivity index (χ4v) is 5.32. The number of nitrogens with two attached hydrogens (primary N) is 1. The van der Waals surface area contributed by atoms with E-state index in [0.717, 1.165) is 6.26 Å². The first-order valence-corrected chi connectivity index (χ1v) is 13.2. The molecule has 2 atom stereocenters. The molecule has 182 valence electrons. The van der Waals surface area contributed by atoms with E-state index in [2.05, 4.69) is 0 Å². The van der Waals surface area contributed by atoms with E-state index in [1.54, 1.807) is 43.6 Å². The van der Waals surface area contributed by atoms with Gasteiger partial charge in [0.15, 0.2) is 9.84 Å². The monoisotopic (exact) mass is 495 g/mol. The van der Waals surface area contributed by atoms with Crippen LogP contribution in [-0.4, -0.2) is 30.9 Å². The number of carbonyl (C=O) groups is 1. The molecular weight excluding hydrogens is 469 g/mol. The number of pyridine rings is 1. The lowest BCUT2D eigenvalue weighted by Gasteiger charge is -2.22. The van der Waals surface area contributed by atoms with Crippen molar-refractivity contribution in [2.45, 2.75) is 25.1 Å². The average molecular weight is 496 g/mol. The molecule has 2 heterocycles. The molecule has 2 N–H and O–H groups in total. The van der Waals surface area contributed by atoms with Gasteiger partial charge in [-0.15, -0.1) is 0 Å². The largest absolute Gasteiger partial charge is 0.369 e. The first-order chi connectivity index (χ1) is 16.5. The summed E-state index contributed by atoms with van der Waals surface area (Å²) < 4.78 is 39.1. The number of primary amides is 1. The minimum absolute atomic E-state index is 0.160. The Kier molecular flexibility index (Phi) is 6.46. The Labute approximate surface area is 203 Å². The van der Waals surface area contributed by atoms with Gasteiger partial charge in [-0.1, -0.05) is 19.1 Å². The van der Waals surface area contributed by atoms with Gasteiger partial charge in [0.05, 0.1) is 23.4 Å². The topological polar surface area (TPSA) is 112 Å². The lowest BCUT2D eigenvalue weighted by Crippen LogP contribution is -2.29. The van der Waals surface area contributed by atoms with Gasteiger partial charge in [-0.05, 0) is 53.4 Å². The number of nitrogens with zero attached hydrogens (tertiary/aromatic N) is 2. The first kappa shape index (κ1) is 24.5. The van der Waals surface area contributed by atoms with Crippen molar-refractivity contribution in [3.8, 4) is 11.1 Å². The van der Waals surface area contributed by atoms with E-state index in [-0.39, 0.29) is 11.3 Å². The molecule has 0 radical (unpaired) electrons. The van der Waals surface area contributed by atoms with E-state index < -0.39 is 33.5 Å². The number of rotatable bonds is 6. The molecule has 0 spiro atoms. The Morgan fingerprint density at radius 1 is 1.11 bits per heavy atom. The Morgan fingerprint density at radius 2 is 1.80 bits per heavy atom. The standard InChI is InChI=1S/C26H26FN3O4S/c1-4-18(26(28)32)25-21-12-23(31)30(2)13-22(21)20-11-15(14-35(3,33)34)5-10-19(20)24(29-25)16-6-8-17(27)9-7-16/h5-13,18,25H,4,14H2,1-3H3,(H2,28,32). The second-order valence-corrected chi connectivity index (χ2v) is 11.0. The van der Waals surface area contributed by atoms with Crippen LogP contribution in [0.4, 0.5) is 4.39 Å². The minimum Gasteiger partial charge on any atom is -0.369 e. The Balaban J connectivity index is 2.10. The maximum atomic E-state index is 13.7. The molecule has 2 aromatic carbocycles. The van der Waals surface area contributed by atoms with Gasteiger partial charge in [-0.3, -0.25) is 14.6 Å². The number of carbonyl (C=O) groups excluding carboxylic acids is 1. The molecule has 1 aliphatic heterocycles. The normalized spacial score (nSPS) is 16.0. The molecule has 4 rings (SSSR count). The highest BCUT2D eigenvalue weighted by Gasteiger charge is 2.33. The summed E-state index contributed by atoms with van der Waals surface area (Å²) in [6.07, 6.45) is 3.23. The molecule has 1 aromatic heterocycles. The molecule has 3 aromatic rings. The molecule has 0 saturated carbocycles. The molecule has 0 fully saturated rings. The van der Waals surface area contributed by atoms with Crippen molar-refractivity contribution in [1.82, 2.24) is 4.57 Å². The second-order valence-electron chi connectivity index (χ2n) is 8.89. The zero-order chi connectivity index (χ0) is 25.5. The molecule has 1 aliphatic rings. The number of halogens is 1. The molecule has 0 saturated heterocycles. The summed E-state index contributed by atoms with van der Waals surface area (Å²) in [5.74, 6) is -1.80. The molecule has 2 unspecified atom stereocenters. The van der Waals surface area contributed by atoms with E-state index in [0.29, 0.717) is 45.5 Å². The van der Waals surface area contributed by atoms with E-state index in [4.69, 9.17) is 10.7 Å². The van der Waals surface area contributed by atoms with E-state index >= 15 is 0 Å². The fraction of sp³-hybridized carbons (Fsp3) is 0.269. The predicted molar refractivity (Wildman–Crippen MR) is 133 cm³/mol. The van der Waals surface area contributed by atoms with E-state index in [1.165, 1.54) is 22.8 Å². The van der Waals surface area contributed by atoms with Crippen LogP contribution in [0.15, 0.2) is 64.5 Å². The summed E-state index contributed by atoms with van der Waals surface area (Å²) in [4.78, 5) is 30.0. The summed E-state index contributed by atoms with van der Waals surface area (Å²) in [5, 5.41) is 0. The number of hydrogen-bond acceptors (Lipinski definition) is 5. The van der Waals surface area contributed by atoms with Crippen molar-refractivity contribution in [2.75, 3.05) is 6.26 Å². The molecule has 35 heavy (non-hydrogen) atoms. The lowest BCUT2D eigenvalue weighted by molar-refractivity contribution is -0.122. The number of amides is 1. The van der Waals surface area contributed by atoms with Crippen molar-refractivity contribution >= 4 is 21.5 Å². The molecule has 7 nitrogen and oxygen atoms in total. The zero-order valence-corrected chi connectivity index (χ0v) is 20.5. The fourth-order valence-electron chi connectivity index (χ4n) is 4.53. The number of aryl methyl sites for hydroxylation is 1. The molecule has 0 bridgehead atoms. The maximum Gasteiger partial charge on any atom is 0.250 e. The van der Waals surface area contributed by atoms with E-state index in [1.807, 2.05) is 6.92 Å². The van der Waals surface area contributed by atoms with Crippen LogP contribution in [0.2, 0.25) is 0 Å². The number of benzene rings is 2. The van der Waals surface area contributed by atoms with Gasteiger partial charge in [0.1, 0.15) is 5.82 Å². The number of sulfone groups is 1. The second kappa shape index (κ2) is 9.22. The third-order valence-corrected chi connectivity index (χ3v) is 7.07. The summed E-state index contributed by atoms with van der Waals surface area (Å²) in [5.41, 5.74) is 9.70. The highest BCUT2D eigenvalue weighted by atomic mass is 32.2. The quantitative estimate of drug-likeness (QED) is 0.566. The van der Waals surface area contributed by atoms with Gasteiger partial charge in [0.2, 0.25) is 5.91 Å². The Bertz CT molecular complexity index is 1510. The lowest BCUT2D eigenvalue weighted by atomic mass is 9.86. The van der Waals surface area contributed by atoms with Gasteiger partial charge in [0, 0.05) is 42.3 Å². The van der Waals surface area contributed by atoms with Crippen molar-refractivity contribution < 1.29 is 17.6 Å². The van der Waals surface area contributed by atoms with Crippen LogP contribution in [0, 0.1) is 11.7 Å². The van der Waals surface area contributed by atoms with Gasteiger partial charge < -0.3 is 10.3 Å². The van der Waals surface area contributed by atoms with Crippen LogP contribution in [0.5, 0.6) is 0 Å². The van der Waals surface area contributed by atoms with Gasteiger partial charge in [-0.2, -0.15) is 0 Å². The first-order valence-electron chi connectivity index (χ1n) is 11.1.